The van der Waals surface area contributed by atoms with Gasteiger partial charge in [0, 0.05) is 6.20 Å². The Morgan fingerprint density at radius 3 is 2.76 bits per heavy atom. The first kappa shape index (κ1) is 11.7. The molecule has 90 valence electrons. The quantitative estimate of drug-likeness (QED) is 0.876. The molecule has 0 radical (unpaired) electrons. The second-order valence-corrected chi connectivity index (χ2v) is 4.39. The fraction of sp³-hybridized carbons (Fsp3) is 0.417. The second-order valence-electron chi connectivity index (χ2n) is 4.39. The van der Waals surface area contributed by atoms with Gasteiger partial charge >= 0.3 is 0 Å². The van der Waals surface area contributed by atoms with Crippen LogP contribution in [0, 0.1) is 12.8 Å². The second kappa shape index (κ2) is 4.63. The molecule has 0 saturated carbocycles. The van der Waals surface area contributed by atoms with E-state index in [2.05, 4.69) is 15.1 Å². The van der Waals surface area contributed by atoms with Crippen molar-refractivity contribution in [3.05, 3.63) is 29.8 Å². The van der Waals surface area contributed by atoms with E-state index in [0.717, 1.165) is 11.3 Å². The Kier molecular flexibility index (Phi) is 3.19. The van der Waals surface area contributed by atoms with E-state index >= 15 is 0 Å². The van der Waals surface area contributed by atoms with Crippen molar-refractivity contribution in [2.24, 2.45) is 11.7 Å². The minimum absolute atomic E-state index is 0.236. The fourth-order valence-electron chi connectivity index (χ4n) is 1.47. The van der Waals surface area contributed by atoms with Gasteiger partial charge in [0.15, 0.2) is 0 Å². The Morgan fingerprint density at radius 2 is 2.12 bits per heavy atom. The maximum absolute atomic E-state index is 5.95. The first-order valence-electron chi connectivity index (χ1n) is 5.60. The number of aromatic nitrogens is 3. The summed E-state index contributed by atoms with van der Waals surface area (Å²) in [6.07, 6.45) is 1.71. The van der Waals surface area contributed by atoms with Crippen LogP contribution < -0.4 is 5.73 Å². The van der Waals surface area contributed by atoms with Crippen molar-refractivity contribution in [1.82, 2.24) is 15.1 Å². The molecule has 1 atom stereocenters. The zero-order valence-electron chi connectivity index (χ0n) is 10.2. The van der Waals surface area contributed by atoms with Crippen LogP contribution in [0.4, 0.5) is 0 Å². The van der Waals surface area contributed by atoms with Crippen LogP contribution in [0.15, 0.2) is 22.9 Å². The molecule has 0 amide bonds. The van der Waals surface area contributed by atoms with Crippen molar-refractivity contribution >= 4 is 0 Å². The van der Waals surface area contributed by atoms with E-state index in [1.54, 1.807) is 6.20 Å². The van der Waals surface area contributed by atoms with Gasteiger partial charge in [-0.05, 0) is 24.5 Å². The van der Waals surface area contributed by atoms with Crippen molar-refractivity contribution in [2.75, 3.05) is 0 Å². The smallest absolute Gasteiger partial charge is 0.244 e. The van der Waals surface area contributed by atoms with Crippen molar-refractivity contribution in [3.8, 4) is 11.5 Å². The van der Waals surface area contributed by atoms with E-state index in [4.69, 9.17) is 10.3 Å². The van der Waals surface area contributed by atoms with Gasteiger partial charge in [0.05, 0.1) is 6.04 Å². The standard InChI is InChI=1S/C12H16N4O/c1-7(2)9(13)12-15-11(16-17-12)10-8(3)5-4-6-14-10/h4-7,9H,13H2,1-3H3/t9-/m1/s1. The molecule has 0 aromatic carbocycles. The van der Waals surface area contributed by atoms with Gasteiger partial charge in [-0.25, -0.2) is 0 Å². The third-order valence-corrected chi connectivity index (χ3v) is 2.67. The van der Waals surface area contributed by atoms with E-state index in [1.165, 1.54) is 0 Å². The van der Waals surface area contributed by atoms with E-state index in [-0.39, 0.29) is 12.0 Å². The molecule has 17 heavy (non-hydrogen) atoms. The normalized spacial score (nSPS) is 13.0. The number of aryl methyl sites for hydroxylation is 1. The lowest BCUT2D eigenvalue weighted by atomic mass is 10.1. The predicted molar refractivity (Wildman–Crippen MR) is 64.0 cm³/mol. The molecule has 0 aliphatic carbocycles. The summed E-state index contributed by atoms with van der Waals surface area (Å²) in [6.45, 7) is 5.99. The van der Waals surface area contributed by atoms with Gasteiger partial charge in [0.25, 0.3) is 0 Å². The largest absolute Gasteiger partial charge is 0.337 e. The molecule has 0 fully saturated rings. The SMILES string of the molecule is Cc1cccnc1-c1noc([C@H](N)C(C)C)n1. The Morgan fingerprint density at radius 1 is 1.35 bits per heavy atom. The summed E-state index contributed by atoms with van der Waals surface area (Å²) >= 11 is 0. The van der Waals surface area contributed by atoms with Crippen LogP contribution in [0.5, 0.6) is 0 Å². The molecule has 0 spiro atoms. The van der Waals surface area contributed by atoms with Gasteiger partial charge in [-0.15, -0.1) is 0 Å². The summed E-state index contributed by atoms with van der Waals surface area (Å²) in [5.41, 5.74) is 7.70. The molecular weight excluding hydrogens is 216 g/mol. The summed E-state index contributed by atoms with van der Waals surface area (Å²) in [5, 5.41) is 3.92. The average Bonchev–Trinajstić information content (AvgIpc) is 2.77. The number of pyridine rings is 1. The molecule has 5 nitrogen and oxygen atoms in total. The number of hydrogen-bond acceptors (Lipinski definition) is 5. The third kappa shape index (κ3) is 2.34. The van der Waals surface area contributed by atoms with Gasteiger partial charge in [-0.3, -0.25) is 4.98 Å². The van der Waals surface area contributed by atoms with Crippen LogP contribution in [0.2, 0.25) is 0 Å². The first-order valence-corrected chi connectivity index (χ1v) is 5.60. The number of nitrogens with zero attached hydrogens (tertiary/aromatic N) is 3. The molecule has 0 bridgehead atoms. The van der Waals surface area contributed by atoms with Gasteiger partial charge in [-0.2, -0.15) is 4.98 Å². The Balaban J connectivity index is 2.34. The number of rotatable bonds is 3. The summed E-state index contributed by atoms with van der Waals surface area (Å²) in [7, 11) is 0. The van der Waals surface area contributed by atoms with Crippen molar-refractivity contribution in [2.45, 2.75) is 26.8 Å². The third-order valence-electron chi connectivity index (χ3n) is 2.67. The van der Waals surface area contributed by atoms with E-state index in [0.29, 0.717) is 11.7 Å². The molecule has 2 aromatic rings. The van der Waals surface area contributed by atoms with Crippen LogP contribution in [0.1, 0.15) is 31.3 Å². The summed E-state index contributed by atoms with van der Waals surface area (Å²) in [6, 6.07) is 3.60. The zero-order valence-corrected chi connectivity index (χ0v) is 10.2. The van der Waals surface area contributed by atoms with Crippen LogP contribution in [0.3, 0.4) is 0 Å². The molecule has 0 unspecified atom stereocenters. The highest BCUT2D eigenvalue weighted by atomic mass is 16.5. The highest BCUT2D eigenvalue weighted by molar-refractivity contribution is 5.53. The number of hydrogen-bond donors (Lipinski definition) is 1. The summed E-state index contributed by atoms with van der Waals surface area (Å²) in [4.78, 5) is 8.54. The number of nitrogens with two attached hydrogens (primary N) is 1. The Bertz CT molecular complexity index is 507. The van der Waals surface area contributed by atoms with Crippen LogP contribution in [-0.2, 0) is 0 Å². The van der Waals surface area contributed by atoms with E-state index < -0.39 is 0 Å². The molecule has 2 heterocycles. The van der Waals surface area contributed by atoms with Gasteiger partial charge in [-0.1, -0.05) is 25.1 Å². The lowest BCUT2D eigenvalue weighted by molar-refractivity contribution is 0.325. The molecule has 0 aliphatic heterocycles. The monoisotopic (exact) mass is 232 g/mol. The van der Waals surface area contributed by atoms with Gasteiger partial charge in [0.1, 0.15) is 5.69 Å². The van der Waals surface area contributed by atoms with Crippen molar-refractivity contribution in [3.63, 3.8) is 0 Å². The molecular formula is C12H16N4O. The molecule has 2 N–H and O–H groups in total. The van der Waals surface area contributed by atoms with Crippen LogP contribution in [-0.4, -0.2) is 15.1 Å². The first-order chi connectivity index (χ1) is 8.09. The van der Waals surface area contributed by atoms with Crippen LogP contribution in [0.25, 0.3) is 11.5 Å². The predicted octanol–water partition coefficient (Wildman–Crippen LogP) is 2.10. The Labute approximate surface area is 100 Å². The summed E-state index contributed by atoms with van der Waals surface area (Å²) in [5.74, 6) is 1.21. The average molecular weight is 232 g/mol. The highest BCUT2D eigenvalue weighted by Crippen LogP contribution is 2.21. The minimum Gasteiger partial charge on any atom is -0.337 e. The van der Waals surface area contributed by atoms with Crippen LogP contribution >= 0.6 is 0 Å². The molecule has 0 saturated heterocycles. The lowest BCUT2D eigenvalue weighted by Gasteiger charge is -2.09. The molecule has 5 heteroatoms. The van der Waals surface area contributed by atoms with E-state index in [9.17, 15) is 0 Å². The minimum atomic E-state index is -0.236. The van der Waals surface area contributed by atoms with E-state index in [1.807, 2.05) is 32.9 Å². The molecule has 0 aliphatic rings. The lowest BCUT2D eigenvalue weighted by Crippen LogP contribution is -2.16. The fourth-order valence-corrected chi connectivity index (χ4v) is 1.47. The maximum Gasteiger partial charge on any atom is 0.244 e. The van der Waals surface area contributed by atoms with Crippen molar-refractivity contribution in [1.29, 1.82) is 0 Å². The Hall–Kier alpha value is -1.75. The zero-order chi connectivity index (χ0) is 12.4. The maximum atomic E-state index is 5.95. The highest BCUT2D eigenvalue weighted by Gasteiger charge is 2.19. The topological polar surface area (TPSA) is 77.8 Å². The summed E-state index contributed by atoms with van der Waals surface area (Å²) < 4.78 is 5.17. The molecule has 2 aromatic heterocycles. The van der Waals surface area contributed by atoms with Gasteiger partial charge < -0.3 is 10.3 Å². The van der Waals surface area contributed by atoms with Gasteiger partial charge in [0.2, 0.25) is 11.7 Å². The van der Waals surface area contributed by atoms with Crippen molar-refractivity contribution < 1.29 is 4.52 Å². The molecule has 2 rings (SSSR count).